The number of ether oxygens (including phenoxy) is 1. The molecule has 1 heterocycles. The van der Waals surface area contributed by atoms with Crippen LogP contribution in [0.15, 0.2) is 53.1 Å². The van der Waals surface area contributed by atoms with Crippen LogP contribution in [0.3, 0.4) is 0 Å². The lowest BCUT2D eigenvalue weighted by Crippen LogP contribution is -2.18. The van der Waals surface area contributed by atoms with Crippen molar-refractivity contribution in [2.24, 2.45) is 0 Å². The highest BCUT2D eigenvalue weighted by Gasteiger charge is 2.20. The maximum atomic E-state index is 13.4. The van der Waals surface area contributed by atoms with Crippen LogP contribution in [0.2, 0.25) is 5.02 Å². The lowest BCUT2D eigenvalue weighted by molar-refractivity contribution is -0.112. The van der Waals surface area contributed by atoms with Crippen LogP contribution in [0.1, 0.15) is 6.92 Å². The van der Waals surface area contributed by atoms with Crippen molar-refractivity contribution in [3.8, 4) is 11.1 Å². The second-order valence-corrected chi connectivity index (χ2v) is 6.72. The Kier molecular flexibility index (Phi) is 5.11. The number of hydrogen-bond donors (Lipinski definition) is 1. The van der Waals surface area contributed by atoms with E-state index in [-0.39, 0.29) is 10.9 Å². The second kappa shape index (κ2) is 7.28. The Morgan fingerprint density at radius 1 is 1.29 bits per heavy atom. The van der Waals surface area contributed by atoms with Crippen molar-refractivity contribution in [2.75, 3.05) is 17.7 Å². The predicted octanol–water partition coefficient (Wildman–Crippen LogP) is 5.08. The zero-order valence-electron chi connectivity index (χ0n) is 12.9. The number of nitrogens with one attached hydrogen (secondary N) is 1. The first-order chi connectivity index (χ1) is 11.6. The summed E-state index contributed by atoms with van der Waals surface area (Å²) < 4.78 is 18.8. The van der Waals surface area contributed by atoms with Gasteiger partial charge < -0.3 is 10.1 Å². The highest BCUT2D eigenvalue weighted by Crippen LogP contribution is 2.32. The smallest absolute Gasteiger partial charge is 0.265 e. The van der Waals surface area contributed by atoms with E-state index in [0.717, 1.165) is 16.9 Å². The lowest BCUT2D eigenvalue weighted by atomic mass is 10.0. The van der Waals surface area contributed by atoms with Crippen molar-refractivity contribution < 1.29 is 13.9 Å². The molecule has 2 aromatic rings. The van der Waals surface area contributed by atoms with Crippen molar-refractivity contribution in [3.63, 3.8) is 0 Å². The van der Waals surface area contributed by atoms with Crippen molar-refractivity contribution in [2.45, 2.75) is 6.92 Å². The van der Waals surface area contributed by atoms with Crippen LogP contribution in [-0.2, 0) is 9.53 Å². The Hall–Kier alpha value is -1.98. The summed E-state index contributed by atoms with van der Waals surface area (Å²) >= 11 is 7.35. The Bertz CT molecular complexity index is 822. The summed E-state index contributed by atoms with van der Waals surface area (Å²) in [6, 6.07) is 11.8. The van der Waals surface area contributed by atoms with E-state index in [9.17, 15) is 9.18 Å². The van der Waals surface area contributed by atoms with E-state index < -0.39 is 5.82 Å². The number of carbonyl (C=O) groups is 1. The summed E-state index contributed by atoms with van der Waals surface area (Å²) in [7, 11) is 0. The molecule has 0 aliphatic carbocycles. The molecular weight excluding hydrogens is 349 g/mol. The molecule has 0 radical (unpaired) electrons. The minimum absolute atomic E-state index is 0.0448. The van der Waals surface area contributed by atoms with Crippen LogP contribution in [0.5, 0.6) is 0 Å². The van der Waals surface area contributed by atoms with Crippen LogP contribution in [0.25, 0.3) is 11.1 Å². The van der Waals surface area contributed by atoms with Gasteiger partial charge in [-0.1, -0.05) is 35.9 Å². The fraction of sp³-hybridized carbons (Fsp3) is 0.167. The van der Waals surface area contributed by atoms with E-state index >= 15 is 0 Å². The number of anilines is 1. The van der Waals surface area contributed by atoms with Gasteiger partial charge in [-0.2, -0.15) is 0 Å². The molecule has 0 saturated heterocycles. The Labute approximate surface area is 148 Å². The lowest BCUT2D eigenvalue weighted by Gasteiger charge is -2.18. The number of amides is 1. The third-order valence-electron chi connectivity index (χ3n) is 3.58. The second-order valence-electron chi connectivity index (χ2n) is 5.21. The Morgan fingerprint density at radius 2 is 2.08 bits per heavy atom. The number of para-hydroxylation sites is 1. The molecule has 124 valence electrons. The van der Waals surface area contributed by atoms with Gasteiger partial charge in [0, 0.05) is 17.0 Å². The van der Waals surface area contributed by atoms with Gasteiger partial charge in [-0.3, -0.25) is 4.79 Å². The van der Waals surface area contributed by atoms with E-state index in [4.69, 9.17) is 16.3 Å². The minimum atomic E-state index is -0.474. The van der Waals surface area contributed by atoms with Crippen LogP contribution in [0.4, 0.5) is 10.1 Å². The summed E-state index contributed by atoms with van der Waals surface area (Å²) in [4.78, 5) is 13.1. The van der Waals surface area contributed by atoms with Crippen LogP contribution in [0, 0.1) is 5.82 Å². The maximum Gasteiger partial charge on any atom is 0.265 e. The minimum Gasteiger partial charge on any atom is -0.496 e. The highest BCUT2D eigenvalue weighted by molar-refractivity contribution is 8.04. The maximum absolute atomic E-state index is 13.4. The first-order valence-electron chi connectivity index (χ1n) is 7.38. The van der Waals surface area contributed by atoms with E-state index in [2.05, 4.69) is 5.32 Å². The number of halogens is 2. The molecule has 0 saturated carbocycles. The van der Waals surface area contributed by atoms with Crippen molar-refractivity contribution >= 4 is 35.0 Å². The van der Waals surface area contributed by atoms with Gasteiger partial charge in [0.2, 0.25) is 0 Å². The number of allylic oxidation sites excluding steroid dienone is 1. The number of rotatable bonds is 3. The molecule has 1 N–H and O–H groups in total. The van der Waals surface area contributed by atoms with Crippen molar-refractivity contribution in [1.29, 1.82) is 0 Å². The van der Waals surface area contributed by atoms with Gasteiger partial charge in [-0.05, 0) is 30.7 Å². The number of benzene rings is 2. The fourth-order valence-corrected chi connectivity index (χ4v) is 3.41. The summed E-state index contributed by atoms with van der Waals surface area (Å²) in [6.07, 6.45) is 0. The topological polar surface area (TPSA) is 38.3 Å². The van der Waals surface area contributed by atoms with Gasteiger partial charge >= 0.3 is 0 Å². The van der Waals surface area contributed by atoms with Crippen LogP contribution < -0.4 is 5.32 Å². The highest BCUT2D eigenvalue weighted by atomic mass is 35.5. The molecule has 0 unspecified atom stereocenters. The molecule has 3 nitrogen and oxygen atoms in total. The average molecular weight is 364 g/mol. The molecule has 0 bridgehead atoms. The molecule has 2 aromatic carbocycles. The number of hydrogen-bond acceptors (Lipinski definition) is 3. The molecule has 6 heteroatoms. The molecule has 0 aromatic heterocycles. The SMILES string of the molecule is CC1=C(C(=O)Nc2ccccc2-c2ccc(F)c(Cl)c2)SCCO1. The predicted molar refractivity (Wildman–Crippen MR) is 96.6 cm³/mol. The van der Waals surface area contributed by atoms with Crippen LogP contribution >= 0.6 is 23.4 Å². The van der Waals surface area contributed by atoms with E-state index in [0.29, 0.717) is 23.0 Å². The summed E-state index contributed by atoms with van der Waals surface area (Å²) in [5, 5.41) is 2.95. The van der Waals surface area contributed by atoms with Gasteiger partial charge in [-0.15, -0.1) is 11.8 Å². The molecular formula is C18H15ClFNO2S. The Balaban J connectivity index is 1.92. The normalized spacial score (nSPS) is 14.3. The van der Waals surface area contributed by atoms with Gasteiger partial charge in [0.15, 0.2) is 0 Å². The zero-order chi connectivity index (χ0) is 17.1. The number of carbonyl (C=O) groups excluding carboxylic acids is 1. The largest absolute Gasteiger partial charge is 0.496 e. The third-order valence-corrected chi connectivity index (χ3v) is 5.00. The number of thioether (sulfide) groups is 1. The molecule has 0 atom stereocenters. The molecule has 0 spiro atoms. The molecule has 0 fully saturated rings. The molecule has 1 amide bonds. The summed E-state index contributed by atoms with van der Waals surface area (Å²) in [5.74, 6) is 0.692. The van der Waals surface area contributed by atoms with Crippen LogP contribution in [-0.4, -0.2) is 18.3 Å². The molecule has 3 rings (SSSR count). The van der Waals surface area contributed by atoms with E-state index in [1.165, 1.54) is 17.8 Å². The first kappa shape index (κ1) is 16.9. The Morgan fingerprint density at radius 3 is 2.83 bits per heavy atom. The molecule has 1 aliphatic heterocycles. The summed E-state index contributed by atoms with van der Waals surface area (Å²) in [6.45, 7) is 2.39. The van der Waals surface area contributed by atoms with Crippen molar-refractivity contribution in [3.05, 3.63) is 64.0 Å². The molecule has 24 heavy (non-hydrogen) atoms. The zero-order valence-corrected chi connectivity index (χ0v) is 14.5. The van der Waals surface area contributed by atoms with Gasteiger partial charge in [0.25, 0.3) is 5.91 Å². The monoisotopic (exact) mass is 363 g/mol. The van der Waals surface area contributed by atoms with E-state index in [1.54, 1.807) is 25.1 Å². The average Bonchev–Trinajstić information content (AvgIpc) is 2.58. The van der Waals surface area contributed by atoms with Gasteiger partial charge in [0.1, 0.15) is 16.5 Å². The quantitative estimate of drug-likeness (QED) is 0.826. The molecule has 1 aliphatic rings. The van der Waals surface area contributed by atoms with E-state index in [1.807, 2.05) is 18.2 Å². The van der Waals surface area contributed by atoms with Crippen molar-refractivity contribution in [1.82, 2.24) is 0 Å². The summed E-state index contributed by atoms with van der Waals surface area (Å²) in [5.41, 5.74) is 2.14. The van der Waals surface area contributed by atoms with Gasteiger partial charge in [-0.25, -0.2) is 4.39 Å². The first-order valence-corrected chi connectivity index (χ1v) is 8.75. The fourth-order valence-electron chi connectivity index (χ4n) is 2.42. The van der Waals surface area contributed by atoms with Gasteiger partial charge in [0.05, 0.1) is 11.6 Å². The standard InChI is InChI=1S/C18H15ClFNO2S/c1-11-17(24-9-8-23-11)18(22)21-16-5-3-2-4-13(16)12-6-7-15(20)14(19)10-12/h2-7,10H,8-9H2,1H3,(H,21,22). The third kappa shape index (κ3) is 3.57.